The summed E-state index contributed by atoms with van der Waals surface area (Å²) in [6.45, 7) is 0.597. The van der Waals surface area contributed by atoms with Crippen molar-refractivity contribution in [2.45, 2.75) is 31.7 Å². The first kappa shape index (κ1) is 24.2. The van der Waals surface area contributed by atoms with Gasteiger partial charge in [0.25, 0.3) is 0 Å². The van der Waals surface area contributed by atoms with Gasteiger partial charge < -0.3 is 9.84 Å². The number of aliphatic carboxylic acids is 1. The molecule has 0 spiro atoms. The third-order valence-electron chi connectivity index (χ3n) is 6.66. The molecule has 1 unspecified atom stereocenters. The molecule has 186 valence electrons. The van der Waals surface area contributed by atoms with E-state index in [0.717, 1.165) is 43.9 Å². The standard InChI is InChI=1S/C28H25F3N2O3/c29-28(30,31)25-17-33(13-14-36-25)16-19-15-32-27(23-7-2-1-6-21(19)23)24-10-4-8-20-18(11-12-26(34)35)5-3-9-22(20)24/h1-10,15,25H,11-14,16-17H2,(H,34,35). The zero-order chi connectivity index (χ0) is 25.3. The number of pyridine rings is 1. The van der Waals surface area contributed by atoms with Crippen LogP contribution in [-0.2, 0) is 22.5 Å². The smallest absolute Gasteiger partial charge is 0.415 e. The molecule has 0 bridgehead atoms. The number of nitrogens with zero attached hydrogens (tertiary/aromatic N) is 2. The maximum atomic E-state index is 13.2. The van der Waals surface area contributed by atoms with Crippen molar-refractivity contribution in [2.75, 3.05) is 19.7 Å². The van der Waals surface area contributed by atoms with Crippen molar-refractivity contribution < 1.29 is 27.8 Å². The molecule has 36 heavy (non-hydrogen) atoms. The van der Waals surface area contributed by atoms with Crippen LogP contribution >= 0.6 is 0 Å². The third-order valence-corrected chi connectivity index (χ3v) is 6.66. The number of hydrogen-bond donors (Lipinski definition) is 1. The maximum absolute atomic E-state index is 13.2. The lowest BCUT2D eigenvalue weighted by Gasteiger charge is -2.34. The molecule has 5 nitrogen and oxygen atoms in total. The summed E-state index contributed by atoms with van der Waals surface area (Å²) in [5.41, 5.74) is 3.53. The largest absolute Gasteiger partial charge is 0.481 e. The van der Waals surface area contributed by atoms with Crippen LogP contribution in [0.1, 0.15) is 17.5 Å². The van der Waals surface area contributed by atoms with Gasteiger partial charge in [0.15, 0.2) is 6.10 Å². The number of benzene rings is 3. The normalized spacial score (nSPS) is 17.0. The molecule has 0 radical (unpaired) electrons. The average Bonchev–Trinajstić information content (AvgIpc) is 2.87. The molecule has 0 saturated carbocycles. The van der Waals surface area contributed by atoms with Gasteiger partial charge in [-0.1, -0.05) is 60.7 Å². The molecular weight excluding hydrogens is 469 g/mol. The average molecular weight is 495 g/mol. The molecule has 1 aliphatic heterocycles. The Bertz CT molecular complexity index is 1420. The number of aromatic nitrogens is 1. The number of halogens is 3. The number of alkyl halides is 3. The molecule has 1 aromatic heterocycles. The highest BCUT2D eigenvalue weighted by atomic mass is 19.4. The van der Waals surface area contributed by atoms with Gasteiger partial charge in [0.2, 0.25) is 0 Å². The van der Waals surface area contributed by atoms with Gasteiger partial charge >= 0.3 is 12.1 Å². The van der Waals surface area contributed by atoms with E-state index in [4.69, 9.17) is 14.8 Å². The number of hydrogen-bond acceptors (Lipinski definition) is 4. The molecule has 2 heterocycles. The van der Waals surface area contributed by atoms with E-state index < -0.39 is 18.2 Å². The summed E-state index contributed by atoms with van der Waals surface area (Å²) in [7, 11) is 0. The van der Waals surface area contributed by atoms with E-state index in [-0.39, 0.29) is 19.6 Å². The second-order valence-electron chi connectivity index (χ2n) is 9.03. The molecule has 4 aromatic rings. The van der Waals surface area contributed by atoms with Crippen molar-refractivity contribution in [3.8, 4) is 11.3 Å². The summed E-state index contributed by atoms with van der Waals surface area (Å²) < 4.78 is 44.5. The van der Waals surface area contributed by atoms with Crippen LogP contribution in [0.2, 0.25) is 0 Å². The Morgan fingerprint density at radius 3 is 2.44 bits per heavy atom. The van der Waals surface area contributed by atoms with Crippen LogP contribution in [-0.4, -0.2) is 52.9 Å². The van der Waals surface area contributed by atoms with E-state index in [0.29, 0.717) is 19.5 Å². The van der Waals surface area contributed by atoms with Crippen LogP contribution in [0.4, 0.5) is 13.2 Å². The Kier molecular flexibility index (Phi) is 6.64. The van der Waals surface area contributed by atoms with Crippen LogP contribution in [0.5, 0.6) is 0 Å². The van der Waals surface area contributed by atoms with E-state index in [2.05, 4.69) is 0 Å². The number of carboxylic acids is 1. The zero-order valence-corrected chi connectivity index (χ0v) is 19.5. The first-order valence-corrected chi connectivity index (χ1v) is 11.8. The molecule has 1 fully saturated rings. The number of fused-ring (bicyclic) bond motifs is 2. The fourth-order valence-corrected chi connectivity index (χ4v) is 4.92. The highest BCUT2D eigenvalue weighted by molar-refractivity contribution is 6.05. The molecule has 1 saturated heterocycles. The second kappa shape index (κ2) is 9.87. The quantitative estimate of drug-likeness (QED) is 0.365. The molecule has 0 aliphatic carbocycles. The van der Waals surface area contributed by atoms with Crippen molar-refractivity contribution in [3.05, 3.63) is 78.0 Å². The lowest BCUT2D eigenvalue weighted by molar-refractivity contribution is -0.237. The van der Waals surface area contributed by atoms with Crippen LogP contribution < -0.4 is 0 Å². The van der Waals surface area contributed by atoms with Crippen LogP contribution in [0, 0.1) is 0 Å². The van der Waals surface area contributed by atoms with Crippen LogP contribution in [0.25, 0.3) is 32.8 Å². The van der Waals surface area contributed by atoms with Crippen molar-refractivity contribution in [1.29, 1.82) is 0 Å². The molecule has 1 aliphatic rings. The minimum absolute atomic E-state index is 0.0356. The molecule has 5 rings (SSSR count). The Morgan fingerprint density at radius 2 is 1.67 bits per heavy atom. The fourth-order valence-electron chi connectivity index (χ4n) is 4.92. The molecule has 1 atom stereocenters. The van der Waals surface area contributed by atoms with Gasteiger partial charge in [0.05, 0.1) is 12.3 Å². The first-order valence-electron chi connectivity index (χ1n) is 11.8. The van der Waals surface area contributed by atoms with Gasteiger partial charge in [0.1, 0.15) is 0 Å². The highest BCUT2D eigenvalue weighted by Crippen LogP contribution is 2.35. The number of morpholine rings is 1. The van der Waals surface area contributed by atoms with Gasteiger partial charge in [-0.15, -0.1) is 0 Å². The van der Waals surface area contributed by atoms with Gasteiger partial charge in [-0.05, 0) is 33.7 Å². The number of ether oxygens (including phenoxy) is 1. The summed E-state index contributed by atoms with van der Waals surface area (Å²) in [6.07, 6.45) is -3.93. The molecule has 3 aromatic carbocycles. The number of rotatable bonds is 6. The van der Waals surface area contributed by atoms with E-state index >= 15 is 0 Å². The monoisotopic (exact) mass is 494 g/mol. The molecular formula is C28H25F3N2O3. The SMILES string of the molecule is O=C(O)CCc1cccc2c(-c3ncc(CN4CCOC(C(F)(F)F)C4)c4ccccc34)cccc12. The predicted octanol–water partition coefficient (Wildman–Crippen LogP) is 5.84. The summed E-state index contributed by atoms with van der Waals surface area (Å²) in [4.78, 5) is 17.7. The lowest BCUT2D eigenvalue weighted by atomic mass is 9.93. The maximum Gasteiger partial charge on any atom is 0.415 e. The second-order valence-corrected chi connectivity index (χ2v) is 9.03. The van der Waals surface area contributed by atoms with Gasteiger partial charge in [-0.3, -0.25) is 14.7 Å². The zero-order valence-electron chi connectivity index (χ0n) is 19.5. The summed E-state index contributed by atoms with van der Waals surface area (Å²) in [5, 5.41) is 12.9. The molecule has 8 heteroatoms. The summed E-state index contributed by atoms with van der Waals surface area (Å²) in [6, 6.07) is 19.6. The predicted molar refractivity (Wildman–Crippen MR) is 132 cm³/mol. The van der Waals surface area contributed by atoms with E-state index in [9.17, 15) is 18.0 Å². The van der Waals surface area contributed by atoms with Crippen molar-refractivity contribution in [1.82, 2.24) is 9.88 Å². The first-order chi connectivity index (χ1) is 17.3. The van der Waals surface area contributed by atoms with Crippen molar-refractivity contribution in [2.24, 2.45) is 0 Å². The number of carbonyl (C=O) groups is 1. The van der Waals surface area contributed by atoms with Gasteiger partial charge in [0, 0.05) is 43.2 Å². The molecule has 1 N–H and O–H groups in total. The summed E-state index contributed by atoms with van der Waals surface area (Å²) in [5.74, 6) is -0.840. The van der Waals surface area contributed by atoms with Crippen LogP contribution in [0.15, 0.2) is 66.9 Å². The Morgan fingerprint density at radius 1 is 0.972 bits per heavy atom. The van der Waals surface area contributed by atoms with Gasteiger partial charge in [-0.25, -0.2) is 0 Å². The van der Waals surface area contributed by atoms with Crippen LogP contribution in [0.3, 0.4) is 0 Å². The van der Waals surface area contributed by atoms with Crippen molar-refractivity contribution >= 4 is 27.5 Å². The minimum atomic E-state index is -4.39. The van der Waals surface area contributed by atoms with Crippen molar-refractivity contribution in [3.63, 3.8) is 0 Å². The summed E-state index contributed by atoms with van der Waals surface area (Å²) >= 11 is 0. The number of aryl methyl sites for hydroxylation is 1. The Balaban J connectivity index is 1.53. The van der Waals surface area contributed by atoms with E-state index in [1.807, 2.05) is 60.7 Å². The Hall–Kier alpha value is -3.49. The highest BCUT2D eigenvalue weighted by Gasteiger charge is 2.43. The number of carboxylic acid groups (broad SMARTS) is 1. The Labute approximate surface area is 206 Å². The fraction of sp³-hybridized carbons (Fsp3) is 0.286. The minimum Gasteiger partial charge on any atom is -0.481 e. The molecule has 0 amide bonds. The topological polar surface area (TPSA) is 62.7 Å². The van der Waals surface area contributed by atoms with E-state index in [1.54, 1.807) is 11.1 Å². The lowest BCUT2D eigenvalue weighted by Crippen LogP contribution is -2.48. The van der Waals surface area contributed by atoms with Gasteiger partial charge in [-0.2, -0.15) is 13.2 Å². The third kappa shape index (κ3) is 4.92. The van der Waals surface area contributed by atoms with E-state index in [1.165, 1.54) is 0 Å².